The Bertz CT molecular complexity index is 215. The van der Waals surface area contributed by atoms with Crippen LogP contribution in [0.15, 0.2) is 0 Å². The molecule has 1 unspecified atom stereocenters. The van der Waals surface area contributed by atoms with E-state index in [4.69, 9.17) is 0 Å². The Morgan fingerprint density at radius 1 is 1.67 bits per heavy atom. The first-order valence-electron chi connectivity index (χ1n) is 4.04. The number of rotatable bonds is 1. The predicted molar refractivity (Wildman–Crippen MR) is 40.8 cm³/mol. The van der Waals surface area contributed by atoms with Gasteiger partial charge in [0.2, 0.25) is 11.8 Å². The Balaban J connectivity index is 2.73. The second-order valence-corrected chi connectivity index (χ2v) is 3.23. The van der Waals surface area contributed by atoms with Gasteiger partial charge in [-0.15, -0.1) is 0 Å². The van der Waals surface area contributed by atoms with Crippen LogP contribution in [0.4, 0.5) is 4.39 Å². The number of carbonyl (C=O) groups excluding carboxylic acids is 2. The highest BCUT2D eigenvalue weighted by molar-refractivity contribution is 5.97. The lowest BCUT2D eigenvalue weighted by atomic mass is 10.2. The normalized spacial score (nSPS) is 23.8. The van der Waals surface area contributed by atoms with Gasteiger partial charge in [-0.2, -0.15) is 0 Å². The second-order valence-electron chi connectivity index (χ2n) is 3.23. The molecule has 1 saturated heterocycles. The fourth-order valence-electron chi connectivity index (χ4n) is 1.19. The lowest BCUT2D eigenvalue weighted by molar-refractivity contribution is -0.148. The molecule has 0 spiro atoms. The van der Waals surface area contributed by atoms with Crippen molar-refractivity contribution in [2.75, 3.05) is 0 Å². The molecule has 1 rings (SSSR count). The van der Waals surface area contributed by atoms with Gasteiger partial charge < -0.3 is 0 Å². The lowest BCUT2D eigenvalue weighted by Gasteiger charge is -2.18. The van der Waals surface area contributed by atoms with Crippen LogP contribution >= 0.6 is 0 Å². The highest BCUT2D eigenvalue weighted by atomic mass is 19.1. The molecule has 0 aromatic carbocycles. The van der Waals surface area contributed by atoms with Crippen molar-refractivity contribution in [1.82, 2.24) is 4.90 Å². The highest BCUT2D eigenvalue weighted by Crippen LogP contribution is 2.21. The van der Waals surface area contributed by atoms with Crippen molar-refractivity contribution in [3.8, 4) is 0 Å². The molecule has 1 fully saturated rings. The number of nitrogens with zero attached hydrogens (tertiary/aromatic N) is 1. The maximum atomic E-state index is 12.9. The molecule has 0 radical (unpaired) electrons. The fourth-order valence-corrected chi connectivity index (χ4v) is 1.19. The van der Waals surface area contributed by atoms with Crippen LogP contribution in [0.2, 0.25) is 0 Å². The summed E-state index contributed by atoms with van der Waals surface area (Å²) in [7, 11) is 0. The average Bonchev–Trinajstić information content (AvgIpc) is 2.30. The van der Waals surface area contributed by atoms with Gasteiger partial charge in [-0.05, 0) is 0 Å². The summed E-state index contributed by atoms with van der Waals surface area (Å²) in [6, 6.07) is 0. The van der Waals surface area contributed by atoms with E-state index in [0.29, 0.717) is 0 Å². The first-order chi connectivity index (χ1) is 5.54. The van der Waals surface area contributed by atoms with Crippen molar-refractivity contribution in [1.29, 1.82) is 0 Å². The molecule has 0 aliphatic carbocycles. The maximum absolute atomic E-state index is 12.9. The van der Waals surface area contributed by atoms with E-state index < -0.39 is 12.2 Å². The highest BCUT2D eigenvalue weighted by Gasteiger charge is 2.36. The number of amides is 2. The summed E-state index contributed by atoms with van der Waals surface area (Å²) in [5.41, 5.74) is 0. The van der Waals surface area contributed by atoms with E-state index in [2.05, 4.69) is 0 Å². The molecule has 0 saturated carbocycles. The van der Waals surface area contributed by atoms with Crippen molar-refractivity contribution in [3.05, 3.63) is 0 Å². The Labute approximate surface area is 70.5 Å². The molecule has 4 heteroatoms. The molecule has 3 nitrogen and oxygen atoms in total. The molecule has 0 bridgehead atoms. The van der Waals surface area contributed by atoms with E-state index in [1.165, 1.54) is 0 Å². The van der Waals surface area contributed by atoms with Gasteiger partial charge in [-0.3, -0.25) is 14.5 Å². The Kier molecular flexibility index (Phi) is 2.45. The summed E-state index contributed by atoms with van der Waals surface area (Å²) in [5, 5.41) is 0. The van der Waals surface area contributed by atoms with Gasteiger partial charge in [-0.25, -0.2) is 4.39 Å². The van der Waals surface area contributed by atoms with E-state index in [9.17, 15) is 14.0 Å². The number of hydrogen-bond acceptors (Lipinski definition) is 2. The van der Waals surface area contributed by atoms with E-state index in [-0.39, 0.29) is 24.7 Å². The predicted octanol–water partition coefficient (Wildman–Crippen LogP) is 1.09. The van der Waals surface area contributed by atoms with Gasteiger partial charge in [0.15, 0.2) is 6.30 Å². The molecule has 68 valence electrons. The quantitative estimate of drug-likeness (QED) is 0.556. The topological polar surface area (TPSA) is 37.4 Å². The van der Waals surface area contributed by atoms with Crippen LogP contribution in [0, 0.1) is 5.92 Å². The van der Waals surface area contributed by atoms with Crippen LogP contribution in [0.5, 0.6) is 0 Å². The lowest BCUT2D eigenvalue weighted by Crippen LogP contribution is -2.39. The van der Waals surface area contributed by atoms with E-state index in [1.54, 1.807) is 13.8 Å². The van der Waals surface area contributed by atoms with Crippen molar-refractivity contribution in [3.63, 3.8) is 0 Å². The van der Waals surface area contributed by atoms with Crippen molar-refractivity contribution < 1.29 is 14.0 Å². The van der Waals surface area contributed by atoms with Crippen LogP contribution in [0.1, 0.15) is 26.7 Å². The SMILES string of the molecule is CC(C)C(=O)N1C(=O)CCC1F. The zero-order chi connectivity index (χ0) is 9.30. The monoisotopic (exact) mass is 173 g/mol. The molecular weight excluding hydrogens is 161 g/mol. The van der Waals surface area contributed by atoms with Gasteiger partial charge >= 0.3 is 0 Å². The number of imide groups is 1. The number of hydrogen-bond donors (Lipinski definition) is 0. The van der Waals surface area contributed by atoms with Crippen molar-refractivity contribution in [2.24, 2.45) is 5.92 Å². The Morgan fingerprint density at radius 2 is 2.25 bits per heavy atom. The summed E-state index contributed by atoms with van der Waals surface area (Å²) in [4.78, 5) is 23.0. The van der Waals surface area contributed by atoms with Gasteiger partial charge in [0.05, 0.1) is 0 Å². The second kappa shape index (κ2) is 3.21. The maximum Gasteiger partial charge on any atom is 0.234 e. The Hall–Kier alpha value is -0.930. The average molecular weight is 173 g/mol. The molecule has 0 aromatic rings. The molecule has 1 atom stereocenters. The molecule has 1 aliphatic heterocycles. The third-order valence-corrected chi connectivity index (χ3v) is 1.88. The number of halogens is 1. The minimum atomic E-state index is -1.40. The zero-order valence-corrected chi connectivity index (χ0v) is 7.21. The van der Waals surface area contributed by atoms with Gasteiger partial charge in [0.25, 0.3) is 0 Å². The first-order valence-corrected chi connectivity index (χ1v) is 4.04. The largest absolute Gasteiger partial charge is 0.274 e. The van der Waals surface area contributed by atoms with E-state index in [0.717, 1.165) is 4.90 Å². The molecule has 12 heavy (non-hydrogen) atoms. The summed E-state index contributed by atoms with van der Waals surface area (Å²) in [5.74, 6) is -1.11. The van der Waals surface area contributed by atoms with Crippen LogP contribution in [-0.2, 0) is 9.59 Å². The summed E-state index contributed by atoms with van der Waals surface area (Å²) in [6.45, 7) is 3.31. The third kappa shape index (κ3) is 1.47. The van der Waals surface area contributed by atoms with Crippen LogP contribution in [0.25, 0.3) is 0 Å². The summed E-state index contributed by atoms with van der Waals surface area (Å²) in [6.07, 6.45) is -1.09. The van der Waals surface area contributed by atoms with Gasteiger partial charge in [-0.1, -0.05) is 13.8 Å². The van der Waals surface area contributed by atoms with Crippen molar-refractivity contribution in [2.45, 2.75) is 33.0 Å². The van der Waals surface area contributed by atoms with Crippen molar-refractivity contribution >= 4 is 11.8 Å². The minimum Gasteiger partial charge on any atom is -0.274 e. The smallest absolute Gasteiger partial charge is 0.234 e. The van der Waals surface area contributed by atoms with Gasteiger partial charge in [0.1, 0.15) is 0 Å². The molecule has 2 amide bonds. The molecular formula is C8H12FNO2. The Morgan fingerprint density at radius 3 is 2.58 bits per heavy atom. The minimum absolute atomic E-state index is 0.150. The third-order valence-electron chi connectivity index (χ3n) is 1.88. The molecule has 1 aliphatic rings. The number of likely N-dealkylation sites (tertiary alicyclic amines) is 1. The standard InChI is InChI=1S/C8H12FNO2/c1-5(2)8(12)10-6(9)3-4-7(10)11/h5-6H,3-4H2,1-2H3. The summed E-state index contributed by atoms with van der Waals surface area (Å²) < 4.78 is 12.9. The summed E-state index contributed by atoms with van der Waals surface area (Å²) >= 11 is 0. The fraction of sp³-hybridized carbons (Fsp3) is 0.750. The van der Waals surface area contributed by atoms with Crippen LogP contribution in [-0.4, -0.2) is 23.0 Å². The number of carbonyl (C=O) groups is 2. The zero-order valence-electron chi connectivity index (χ0n) is 7.21. The molecule has 1 heterocycles. The van der Waals surface area contributed by atoms with Crippen LogP contribution < -0.4 is 0 Å². The molecule has 0 aromatic heterocycles. The van der Waals surface area contributed by atoms with Gasteiger partial charge in [0, 0.05) is 18.8 Å². The molecule has 0 N–H and O–H groups in total. The van der Waals surface area contributed by atoms with E-state index >= 15 is 0 Å². The first kappa shape index (κ1) is 9.16. The number of alkyl halides is 1. The van der Waals surface area contributed by atoms with E-state index in [1.807, 2.05) is 0 Å². The van der Waals surface area contributed by atoms with Crippen LogP contribution in [0.3, 0.4) is 0 Å².